The molecule has 0 spiro atoms. The third-order valence-corrected chi connectivity index (χ3v) is 4.38. The lowest BCUT2D eigenvalue weighted by molar-refractivity contribution is 0.569. The number of nitrogens with one attached hydrogen (secondary N) is 1. The van der Waals surface area contributed by atoms with E-state index in [9.17, 15) is 4.39 Å². The molecule has 1 atom stereocenters. The molecule has 0 aliphatic carbocycles. The predicted octanol–water partition coefficient (Wildman–Crippen LogP) is 3.57. The van der Waals surface area contributed by atoms with Gasteiger partial charge in [-0.05, 0) is 31.0 Å². The third-order valence-electron chi connectivity index (χ3n) is 3.05. The molecule has 0 radical (unpaired) electrons. The SMILES string of the molecule is CCc1cnc(C(C)NCc2ccc(F)c(C#N)c2)s1. The Kier molecular flexibility index (Phi) is 4.83. The summed E-state index contributed by atoms with van der Waals surface area (Å²) in [5.74, 6) is -0.475. The van der Waals surface area contributed by atoms with Crippen LogP contribution in [0, 0.1) is 17.1 Å². The number of rotatable bonds is 5. The van der Waals surface area contributed by atoms with Gasteiger partial charge in [0.15, 0.2) is 0 Å². The molecule has 0 aliphatic heterocycles. The van der Waals surface area contributed by atoms with Crippen molar-refractivity contribution < 1.29 is 4.39 Å². The molecule has 0 fully saturated rings. The van der Waals surface area contributed by atoms with Crippen LogP contribution in [-0.4, -0.2) is 4.98 Å². The number of hydrogen-bond donors (Lipinski definition) is 1. The van der Waals surface area contributed by atoms with Gasteiger partial charge in [0.25, 0.3) is 0 Å². The summed E-state index contributed by atoms with van der Waals surface area (Å²) in [7, 11) is 0. The number of nitrogens with zero attached hydrogens (tertiary/aromatic N) is 2. The molecular weight excluding hydrogens is 273 g/mol. The highest BCUT2D eigenvalue weighted by molar-refractivity contribution is 7.11. The van der Waals surface area contributed by atoms with E-state index < -0.39 is 5.82 Å². The molecule has 0 saturated heterocycles. The summed E-state index contributed by atoms with van der Waals surface area (Å²) in [6.07, 6.45) is 2.90. The highest BCUT2D eigenvalue weighted by atomic mass is 32.1. The van der Waals surface area contributed by atoms with Gasteiger partial charge in [0, 0.05) is 17.6 Å². The quantitative estimate of drug-likeness (QED) is 0.915. The Morgan fingerprint density at radius 3 is 2.95 bits per heavy atom. The highest BCUT2D eigenvalue weighted by Crippen LogP contribution is 2.20. The van der Waals surface area contributed by atoms with Crippen molar-refractivity contribution in [3.63, 3.8) is 0 Å². The first-order valence-corrected chi connectivity index (χ1v) is 7.32. The molecular formula is C15H16FN3S. The van der Waals surface area contributed by atoms with Crippen LogP contribution in [0.2, 0.25) is 0 Å². The van der Waals surface area contributed by atoms with Crippen LogP contribution in [0.1, 0.15) is 40.9 Å². The molecule has 5 heteroatoms. The zero-order valence-electron chi connectivity index (χ0n) is 11.5. The number of aryl methyl sites for hydroxylation is 1. The van der Waals surface area contributed by atoms with E-state index in [1.165, 1.54) is 10.9 Å². The third kappa shape index (κ3) is 3.41. The van der Waals surface area contributed by atoms with Gasteiger partial charge in [-0.25, -0.2) is 9.37 Å². The molecule has 1 aromatic heterocycles. The van der Waals surface area contributed by atoms with E-state index in [1.54, 1.807) is 23.5 Å². The van der Waals surface area contributed by atoms with Gasteiger partial charge >= 0.3 is 0 Å². The van der Waals surface area contributed by atoms with Gasteiger partial charge in [-0.3, -0.25) is 0 Å². The van der Waals surface area contributed by atoms with E-state index >= 15 is 0 Å². The van der Waals surface area contributed by atoms with Crippen LogP contribution >= 0.6 is 11.3 Å². The summed E-state index contributed by atoms with van der Waals surface area (Å²) in [5.41, 5.74) is 0.974. The van der Waals surface area contributed by atoms with Gasteiger partial charge in [-0.15, -0.1) is 11.3 Å². The van der Waals surface area contributed by atoms with Crippen molar-refractivity contribution in [2.24, 2.45) is 0 Å². The van der Waals surface area contributed by atoms with Gasteiger partial charge in [0.1, 0.15) is 16.9 Å². The van der Waals surface area contributed by atoms with E-state index in [-0.39, 0.29) is 11.6 Å². The fourth-order valence-electron chi connectivity index (χ4n) is 1.81. The second-order valence-corrected chi connectivity index (χ2v) is 5.69. The van der Waals surface area contributed by atoms with Crippen LogP contribution in [0.3, 0.4) is 0 Å². The Morgan fingerprint density at radius 1 is 1.50 bits per heavy atom. The van der Waals surface area contributed by atoms with Crippen LogP contribution in [0.4, 0.5) is 4.39 Å². The Labute approximate surface area is 122 Å². The normalized spacial score (nSPS) is 12.1. The maximum atomic E-state index is 13.2. The number of hydrogen-bond acceptors (Lipinski definition) is 4. The lowest BCUT2D eigenvalue weighted by Crippen LogP contribution is -2.18. The molecule has 1 unspecified atom stereocenters. The van der Waals surface area contributed by atoms with E-state index in [1.807, 2.05) is 19.2 Å². The number of thiazole rings is 1. The average Bonchev–Trinajstić information content (AvgIpc) is 2.95. The molecule has 104 valence electrons. The molecule has 0 amide bonds. The monoisotopic (exact) mass is 289 g/mol. The summed E-state index contributed by atoms with van der Waals surface area (Å²) in [6, 6.07) is 6.59. The van der Waals surface area contributed by atoms with Crippen molar-refractivity contribution in [3.8, 4) is 6.07 Å². The smallest absolute Gasteiger partial charge is 0.140 e. The van der Waals surface area contributed by atoms with Crippen LogP contribution in [0.15, 0.2) is 24.4 Å². The molecule has 1 aromatic carbocycles. The number of nitriles is 1. The molecule has 2 aromatic rings. The maximum Gasteiger partial charge on any atom is 0.140 e. The second-order valence-electron chi connectivity index (χ2n) is 4.55. The minimum atomic E-state index is -0.475. The minimum Gasteiger partial charge on any atom is -0.304 e. The molecule has 20 heavy (non-hydrogen) atoms. The zero-order chi connectivity index (χ0) is 14.5. The van der Waals surface area contributed by atoms with Gasteiger partial charge in [-0.1, -0.05) is 13.0 Å². The average molecular weight is 289 g/mol. The van der Waals surface area contributed by atoms with Gasteiger partial charge < -0.3 is 5.32 Å². The summed E-state index contributed by atoms with van der Waals surface area (Å²) in [5, 5.41) is 13.2. The Bertz CT molecular complexity index is 630. The molecule has 3 nitrogen and oxygen atoms in total. The Hall–Kier alpha value is -1.77. The lowest BCUT2D eigenvalue weighted by Gasteiger charge is -2.11. The Morgan fingerprint density at radius 2 is 2.30 bits per heavy atom. The molecule has 1 N–H and O–H groups in total. The van der Waals surface area contributed by atoms with Crippen LogP contribution in [0.25, 0.3) is 0 Å². The highest BCUT2D eigenvalue weighted by Gasteiger charge is 2.10. The van der Waals surface area contributed by atoms with Crippen LogP contribution in [0.5, 0.6) is 0 Å². The van der Waals surface area contributed by atoms with Gasteiger partial charge in [0.2, 0.25) is 0 Å². The van der Waals surface area contributed by atoms with Crippen molar-refractivity contribution in [2.75, 3.05) is 0 Å². The summed E-state index contributed by atoms with van der Waals surface area (Å²) >= 11 is 1.70. The molecule has 0 bridgehead atoms. The summed E-state index contributed by atoms with van der Waals surface area (Å²) in [4.78, 5) is 5.66. The lowest BCUT2D eigenvalue weighted by atomic mass is 10.1. The van der Waals surface area contributed by atoms with E-state index in [0.717, 1.165) is 17.0 Å². The standard InChI is InChI=1S/C15H16FN3S/c1-3-13-9-19-15(20-13)10(2)18-8-11-4-5-14(16)12(6-11)7-17/h4-6,9-10,18H,3,8H2,1-2H3. The van der Waals surface area contributed by atoms with Crippen molar-refractivity contribution in [2.45, 2.75) is 32.9 Å². The fourth-order valence-corrected chi connectivity index (χ4v) is 2.70. The topological polar surface area (TPSA) is 48.7 Å². The van der Waals surface area contributed by atoms with E-state index in [4.69, 9.17) is 5.26 Å². The van der Waals surface area contributed by atoms with Gasteiger partial charge in [0.05, 0.1) is 11.6 Å². The van der Waals surface area contributed by atoms with Gasteiger partial charge in [-0.2, -0.15) is 5.26 Å². The largest absolute Gasteiger partial charge is 0.304 e. The number of benzene rings is 1. The summed E-state index contributed by atoms with van der Waals surface area (Å²) in [6.45, 7) is 4.74. The predicted molar refractivity (Wildman–Crippen MR) is 77.9 cm³/mol. The first-order chi connectivity index (χ1) is 9.63. The second kappa shape index (κ2) is 6.60. The summed E-state index contributed by atoms with van der Waals surface area (Å²) < 4.78 is 13.2. The number of halogens is 1. The van der Waals surface area contributed by atoms with Crippen molar-refractivity contribution in [1.82, 2.24) is 10.3 Å². The maximum absolute atomic E-state index is 13.2. The molecule has 0 saturated carbocycles. The first kappa shape index (κ1) is 14.6. The van der Waals surface area contributed by atoms with Crippen LogP contribution < -0.4 is 5.32 Å². The van der Waals surface area contributed by atoms with Crippen molar-refractivity contribution in [3.05, 3.63) is 51.2 Å². The fraction of sp³-hybridized carbons (Fsp3) is 0.333. The molecule has 2 rings (SSSR count). The van der Waals surface area contributed by atoms with E-state index in [0.29, 0.717) is 6.54 Å². The van der Waals surface area contributed by atoms with Crippen molar-refractivity contribution >= 4 is 11.3 Å². The number of aromatic nitrogens is 1. The Balaban J connectivity index is 1.99. The van der Waals surface area contributed by atoms with E-state index in [2.05, 4.69) is 17.2 Å². The van der Waals surface area contributed by atoms with Crippen molar-refractivity contribution in [1.29, 1.82) is 5.26 Å². The molecule has 1 heterocycles. The molecule has 0 aliphatic rings. The zero-order valence-corrected chi connectivity index (χ0v) is 12.3. The van der Waals surface area contributed by atoms with Crippen LogP contribution in [-0.2, 0) is 13.0 Å². The minimum absolute atomic E-state index is 0.0828. The first-order valence-electron chi connectivity index (χ1n) is 6.50.